The second-order valence-corrected chi connectivity index (χ2v) is 9.70. The van der Waals surface area contributed by atoms with Gasteiger partial charge in [0.2, 0.25) is 0 Å². The van der Waals surface area contributed by atoms with Crippen molar-refractivity contribution in [2.45, 2.75) is 40.5 Å². The van der Waals surface area contributed by atoms with E-state index in [-0.39, 0.29) is 0 Å². The third-order valence-electron chi connectivity index (χ3n) is 4.92. The maximum atomic E-state index is 13.0. The van der Waals surface area contributed by atoms with E-state index >= 15 is 0 Å². The number of nitrogens with zero attached hydrogens (tertiary/aromatic N) is 2. The molecule has 0 aromatic rings. The van der Waals surface area contributed by atoms with Crippen LogP contribution in [0.4, 0.5) is 0 Å². The summed E-state index contributed by atoms with van der Waals surface area (Å²) in [6, 6.07) is 0. The highest BCUT2D eigenvalue weighted by molar-refractivity contribution is 7.86. The van der Waals surface area contributed by atoms with E-state index in [2.05, 4.69) is 33.0 Å². The highest BCUT2D eigenvalue weighted by Gasteiger charge is 2.42. The maximum absolute atomic E-state index is 13.0. The quantitative estimate of drug-likeness (QED) is 0.737. The topological polar surface area (TPSA) is 52.7 Å². The Morgan fingerprint density at radius 1 is 1.00 bits per heavy atom. The van der Waals surface area contributed by atoms with Crippen molar-refractivity contribution in [3.8, 4) is 0 Å². The average molecular weight is 332 g/mol. The number of hydrogen-bond acceptors (Lipinski definition) is 3. The van der Waals surface area contributed by atoms with Crippen LogP contribution in [0.3, 0.4) is 0 Å². The van der Waals surface area contributed by atoms with Crippen molar-refractivity contribution < 1.29 is 8.42 Å². The van der Waals surface area contributed by atoms with E-state index in [9.17, 15) is 8.42 Å². The summed E-state index contributed by atoms with van der Waals surface area (Å²) in [6.07, 6.45) is 1.86. The van der Waals surface area contributed by atoms with Crippen LogP contribution >= 0.6 is 0 Å². The molecule has 6 heteroatoms. The van der Waals surface area contributed by atoms with Crippen LogP contribution in [0.15, 0.2) is 0 Å². The first-order valence-electron chi connectivity index (χ1n) is 8.76. The summed E-state index contributed by atoms with van der Waals surface area (Å²) in [6.45, 7) is 13.2. The summed E-state index contributed by atoms with van der Waals surface area (Å²) in [5.74, 6) is 2.07. The monoisotopic (exact) mass is 331 g/mol. The van der Waals surface area contributed by atoms with Gasteiger partial charge in [-0.2, -0.15) is 17.0 Å². The van der Waals surface area contributed by atoms with E-state index in [1.807, 2.05) is 0 Å². The van der Waals surface area contributed by atoms with Crippen LogP contribution in [-0.2, 0) is 10.2 Å². The van der Waals surface area contributed by atoms with E-state index in [1.54, 1.807) is 8.61 Å². The van der Waals surface area contributed by atoms with Gasteiger partial charge in [0.05, 0.1) is 0 Å². The molecule has 0 spiro atoms. The zero-order chi connectivity index (χ0) is 16.3. The van der Waals surface area contributed by atoms with E-state index in [1.165, 1.54) is 0 Å². The van der Waals surface area contributed by atoms with Gasteiger partial charge in [-0.1, -0.05) is 27.7 Å². The Labute approximate surface area is 136 Å². The van der Waals surface area contributed by atoms with Crippen LogP contribution in [0.1, 0.15) is 40.5 Å². The molecule has 0 bridgehead atoms. The first-order chi connectivity index (χ1) is 10.3. The van der Waals surface area contributed by atoms with Gasteiger partial charge < -0.3 is 5.32 Å². The fourth-order valence-electron chi connectivity index (χ4n) is 3.31. The molecule has 2 rings (SSSR count). The van der Waals surface area contributed by atoms with Crippen molar-refractivity contribution in [1.29, 1.82) is 0 Å². The van der Waals surface area contributed by atoms with E-state index in [0.717, 1.165) is 25.9 Å². The fourth-order valence-corrected chi connectivity index (χ4v) is 5.07. The van der Waals surface area contributed by atoms with Crippen LogP contribution in [-0.4, -0.2) is 56.3 Å². The van der Waals surface area contributed by atoms with E-state index in [4.69, 9.17) is 0 Å². The summed E-state index contributed by atoms with van der Waals surface area (Å²) < 4.78 is 29.5. The predicted octanol–water partition coefficient (Wildman–Crippen LogP) is 1.78. The zero-order valence-corrected chi connectivity index (χ0v) is 15.4. The van der Waals surface area contributed by atoms with Crippen molar-refractivity contribution in [2.75, 3.05) is 39.3 Å². The molecule has 0 aromatic heterocycles. The Bertz CT molecular complexity index is 426. The Kier molecular flexibility index (Phi) is 6.28. The van der Waals surface area contributed by atoms with Gasteiger partial charge in [0.25, 0.3) is 10.2 Å². The van der Waals surface area contributed by atoms with Crippen LogP contribution in [0.5, 0.6) is 0 Å². The van der Waals surface area contributed by atoms with Gasteiger partial charge in [-0.05, 0) is 49.6 Å². The smallest absolute Gasteiger partial charge is 0.281 e. The van der Waals surface area contributed by atoms with Crippen molar-refractivity contribution in [2.24, 2.45) is 23.7 Å². The summed E-state index contributed by atoms with van der Waals surface area (Å²) in [7, 11) is -3.30. The number of fused-ring (bicyclic) bond motifs is 1. The molecule has 0 aliphatic carbocycles. The molecular formula is C16H33N3O2S. The SMILES string of the molecule is CC(C)CCN(CCC(C)C)S(=O)(=O)N1C[C@H]2CNC[C@H]2C1. The maximum Gasteiger partial charge on any atom is 0.281 e. The second kappa shape index (κ2) is 7.60. The second-order valence-electron chi connectivity index (χ2n) is 7.77. The van der Waals surface area contributed by atoms with Gasteiger partial charge in [-0.3, -0.25) is 0 Å². The minimum atomic E-state index is -3.30. The van der Waals surface area contributed by atoms with Crippen molar-refractivity contribution in [3.63, 3.8) is 0 Å². The van der Waals surface area contributed by atoms with Crippen LogP contribution in [0.25, 0.3) is 0 Å². The lowest BCUT2D eigenvalue weighted by atomic mass is 10.0. The zero-order valence-electron chi connectivity index (χ0n) is 14.6. The molecule has 2 aliphatic rings. The highest BCUT2D eigenvalue weighted by Crippen LogP contribution is 2.29. The number of hydrogen-bond donors (Lipinski definition) is 1. The third kappa shape index (κ3) is 4.43. The van der Waals surface area contributed by atoms with Gasteiger partial charge in [0, 0.05) is 26.2 Å². The molecule has 2 heterocycles. The highest BCUT2D eigenvalue weighted by atomic mass is 32.2. The van der Waals surface area contributed by atoms with Crippen LogP contribution in [0, 0.1) is 23.7 Å². The Hall–Kier alpha value is -0.170. The number of rotatable bonds is 8. The van der Waals surface area contributed by atoms with Crippen molar-refractivity contribution >= 4 is 10.2 Å². The lowest BCUT2D eigenvalue weighted by molar-refractivity contribution is 0.321. The molecule has 2 saturated heterocycles. The molecule has 2 aliphatic heterocycles. The molecule has 0 unspecified atom stereocenters. The first kappa shape index (κ1) is 18.2. The van der Waals surface area contributed by atoms with Crippen LogP contribution < -0.4 is 5.32 Å². The standard InChI is InChI=1S/C16H33N3O2S/c1-13(2)5-7-18(8-6-14(3)4)22(20,21)19-11-15-9-17-10-16(15)12-19/h13-17H,5-12H2,1-4H3/t15-,16+. The summed E-state index contributed by atoms with van der Waals surface area (Å²) >= 11 is 0. The van der Waals surface area contributed by atoms with Gasteiger partial charge in [-0.15, -0.1) is 0 Å². The molecular weight excluding hydrogens is 298 g/mol. The fraction of sp³-hybridized carbons (Fsp3) is 1.00. The molecule has 130 valence electrons. The molecule has 2 atom stereocenters. The third-order valence-corrected chi connectivity index (χ3v) is 6.89. The Balaban J connectivity index is 2.03. The van der Waals surface area contributed by atoms with Crippen molar-refractivity contribution in [3.05, 3.63) is 0 Å². The summed E-state index contributed by atoms with van der Waals surface area (Å²) in [4.78, 5) is 0. The average Bonchev–Trinajstić information content (AvgIpc) is 2.98. The van der Waals surface area contributed by atoms with Gasteiger partial charge in [0.1, 0.15) is 0 Å². The van der Waals surface area contributed by atoms with Crippen molar-refractivity contribution in [1.82, 2.24) is 13.9 Å². The molecule has 0 aromatic carbocycles. The van der Waals surface area contributed by atoms with Crippen LogP contribution in [0.2, 0.25) is 0 Å². The normalized spacial score (nSPS) is 26.5. The molecule has 22 heavy (non-hydrogen) atoms. The Morgan fingerprint density at radius 3 is 1.86 bits per heavy atom. The van der Waals surface area contributed by atoms with Gasteiger partial charge >= 0.3 is 0 Å². The lowest BCUT2D eigenvalue weighted by Crippen LogP contribution is -2.45. The minimum absolute atomic E-state index is 0.506. The molecule has 0 radical (unpaired) electrons. The first-order valence-corrected chi connectivity index (χ1v) is 10.2. The van der Waals surface area contributed by atoms with Gasteiger partial charge in [0.15, 0.2) is 0 Å². The number of nitrogens with one attached hydrogen (secondary N) is 1. The Morgan fingerprint density at radius 2 is 1.45 bits per heavy atom. The van der Waals surface area contributed by atoms with E-state index < -0.39 is 10.2 Å². The molecule has 0 amide bonds. The molecule has 5 nitrogen and oxygen atoms in total. The molecule has 2 fully saturated rings. The van der Waals surface area contributed by atoms with Gasteiger partial charge in [-0.25, -0.2) is 0 Å². The summed E-state index contributed by atoms with van der Waals surface area (Å²) in [5, 5.41) is 3.37. The predicted molar refractivity (Wildman–Crippen MR) is 90.8 cm³/mol. The summed E-state index contributed by atoms with van der Waals surface area (Å²) in [5.41, 5.74) is 0. The largest absolute Gasteiger partial charge is 0.316 e. The minimum Gasteiger partial charge on any atom is -0.316 e. The molecule has 1 N–H and O–H groups in total. The lowest BCUT2D eigenvalue weighted by Gasteiger charge is -2.29. The van der Waals surface area contributed by atoms with E-state index in [0.29, 0.717) is 49.9 Å². The molecule has 0 saturated carbocycles.